The molecular weight excluding hydrogens is 713 g/mol. The van der Waals surface area contributed by atoms with Crippen molar-refractivity contribution in [2.45, 2.75) is 0 Å². The molecule has 0 aliphatic rings. The van der Waals surface area contributed by atoms with Crippen molar-refractivity contribution in [2.75, 3.05) is 0 Å². The summed E-state index contributed by atoms with van der Waals surface area (Å²) in [4.78, 5) is 21.2. The van der Waals surface area contributed by atoms with Crippen LogP contribution in [0.2, 0.25) is 0 Å². The van der Waals surface area contributed by atoms with Crippen LogP contribution in [0.3, 0.4) is 0 Å². The lowest BCUT2D eigenvalue weighted by Gasteiger charge is -2.10. The van der Waals surface area contributed by atoms with E-state index in [0.29, 0.717) is 17.5 Å². The van der Waals surface area contributed by atoms with Crippen molar-refractivity contribution in [3.8, 4) is 44.7 Å². The summed E-state index contributed by atoms with van der Waals surface area (Å²) in [6.07, 6.45) is 0. The van der Waals surface area contributed by atoms with Gasteiger partial charge in [-0.2, -0.15) is 0 Å². The predicted molar refractivity (Wildman–Crippen MR) is 230 cm³/mol. The maximum atomic E-state index is 6.52. The first-order valence-corrected chi connectivity index (χ1v) is 19.8. The number of rotatable bonds is 4. The molecule has 0 amide bonds. The molecule has 0 N–H and O–H groups in total. The molecule has 0 saturated carbocycles. The summed E-state index contributed by atoms with van der Waals surface area (Å²) in [7, 11) is 0. The first kappa shape index (κ1) is 30.6. The summed E-state index contributed by atoms with van der Waals surface area (Å²) < 4.78 is 9.90. The molecule has 0 radical (unpaired) electrons. The van der Waals surface area contributed by atoms with Crippen molar-refractivity contribution in [1.82, 2.24) is 19.9 Å². The molecule has 4 aromatic heterocycles. The van der Waals surface area contributed by atoms with E-state index in [1.807, 2.05) is 12.1 Å². The fourth-order valence-corrected chi connectivity index (χ4v) is 10.1. The van der Waals surface area contributed by atoms with Gasteiger partial charge in [-0.3, -0.25) is 0 Å². The molecule has 7 heteroatoms. The first-order chi connectivity index (χ1) is 27.2. The molecule has 12 rings (SSSR count). The highest BCUT2D eigenvalue weighted by molar-refractivity contribution is 7.26. The van der Waals surface area contributed by atoms with Crippen LogP contribution >= 0.6 is 22.7 Å². The van der Waals surface area contributed by atoms with E-state index in [0.717, 1.165) is 80.3 Å². The van der Waals surface area contributed by atoms with Crippen LogP contribution in [-0.2, 0) is 0 Å². The minimum atomic E-state index is 0.614. The summed E-state index contributed by atoms with van der Waals surface area (Å²) in [6, 6.07) is 55.0. The maximum Gasteiger partial charge on any atom is 0.165 e. The highest BCUT2D eigenvalue weighted by Gasteiger charge is 2.23. The standard InChI is InChI=1S/C48H26N4OS2/c1-3-12-29-24-31(22-20-27(29)10-1)45-50-46(32-23-21-28-11-2-4-13-30(28)25-32)52-47(51-45)37-26-40-41(35-15-6-8-19-39(35)54-40)42-44(37)55-48(49-42)36-17-9-16-34-33-14-5-7-18-38(33)53-43(34)36/h1-26H. The van der Waals surface area contributed by atoms with Crippen LogP contribution in [0.4, 0.5) is 0 Å². The van der Waals surface area contributed by atoms with Crippen LogP contribution in [0.5, 0.6) is 0 Å². The zero-order valence-electron chi connectivity index (χ0n) is 29.0. The number of thiophene rings is 1. The molecule has 8 aromatic carbocycles. The number of hydrogen-bond acceptors (Lipinski definition) is 7. The molecule has 5 nitrogen and oxygen atoms in total. The van der Waals surface area contributed by atoms with Crippen LogP contribution in [0.1, 0.15) is 0 Å². The molecule has 0 atom stereocenters. The molecule has 0 aliphatic heterocycles. The number of aromatic nitrogens is 4. The Morgan fingerprint density at radius 2 is 1.04 bits per heavy atom. The van der Waals surface area contributed by atoms with E-state index in [2.05, 4.69) is 146 Å². The van der Waals surface area contributed by atoms with Crippen molar-refractivity contribution in [2.24, 2.45) is 0 Å². The molecule has 0 spiro atoms. The number of nitrogens with zero attached hydrogens (tertiary/aromatic N) is 4. The summed E-state index contributed by atoms with van der Waals surface area (Å²) in [5.74, 6) is 1.86. The fourth-order valence-electron chi connectivity index (χ4n) is 7.89. The lowest BCUT2D eigenvalue weighted by Crippen LogP contribution is -2.00. The quantitative estimate of drug-likeness (QED) is 0.180. The molecule has 256 valence electrons. The molecule has 4 heterocycles. The van der Waals surface area contributed by atoms with Crippen molar-refractivity contribution in [3.05, 3.63) is 158 Å². The first-order valence-electron chi connectivity index (χ1n) is 18.1. The average molecular weight is 739 g/mol. The number of thiazole rings is 1. The second-order valence-corrected chi connectivity index (χ2v) is 15.9. The summed E-state index contributed by atoms with van der Waals surface area (Å²) in [6.45, 7) is 0. The van der Waals surface area contributed by atoms with Gasteiger partial charge in [-0.15, -0.1) is 22.7 Å². The summed E-state index contributed by atoms with van der Waals surface area (Å²) in [5.41, 5.74) is 6.42. The van der Waals surface area contributed by atoms with Crippen molar-refractivity contribution in [3.63, 3.8) is 0 Å². The van der Waals surface area contributed by atoms with Crippen LogP contribution in [-0.4, -0.2) is 19.9 Å². The van der Waals surface area contributed by atoms with Crippen LogP contribution in [0, 0.1) is 0 Å². The van der Waals surface area contributed by atoms with E-state index in [9.17, 15) is 0 Å². The number of fused-ring (bicyclic) bond motifs is 10. The Balaban J connectivity index is 1.15. The van der Waals surface area contributed by atoms with Gasteiger partial charge < -0.3 is 4.42 Å². The highest BCUT2D eigenvalue weighted by Crippen LogP contribution is 2.47. The van der Waals surface area contributed by atoms with Gasteiger partial charge in [0.2, 0.25) is 0 Å². The van der Waals surface area contributed by atoms with Crippen LogP contribution in [0.15, 0.2) is 162 Å². The van der Waals surface area contributed by atoms with Gasteiger partial charge in [0.05, 0.1) is 15.8 Å². The van der Waals surface area contributed by atoms with Crippen molar-refractivity contribution >= 4 is 96.5 Å². The molecule has 0 aliphatic carbocycles. The Hall–Kier alpha value is -6.80. The Morgan fingerprint density at radius 1 is 0.418 bits per heavy atom. The van der Waals surface area contributed by atoms with E-state index in [1.54, 1.807) is 22.7 Å². The Labute approximate surface area is 321 Å². The lowest BCUT2D eigenvalue weighted by atomic mass is 10.0. The van der Waals surface area contributed by atoms with E-state index >= 15 is 0 Å². The normalized spacial score (nSPS) is 12.0. The maximum absolute atomic E-state index is 6.52. The zero-order valence-corrected chi connectivity index (χ0v) is 30.7. The number of benzene rings is 8. The molecule has 12 aromatic rings. The van der Waals surface area contributed by atoms with Gasteiger partial charge >= 0.3 is 0 Å². The topological polar surface area (TPSA) is 64.7 Å². The lowest BCUT2D eigenvalue weighted by molar-refractivity contribution is 0.670. The van der Waals surface area contributed by atoms with Crippen molar-refractivity contribution < 1.29 is 4.42 Å². The van der Waals surface area contributed by atoms with E-state index < -0.39 is 0 Å². The van der Waals surface area contributed by atoms with Gasteiger partial charge in [-0.1, -0.05) is 121 Å². The number of hydrogen-bond donors (Lipinski definition) is 0. The highest BCUT2D eigenvalue weighted by atomic mass is 32.1. The van der Waals surface area contributed by atoms with Crippen molar-refractivity contribution in [1.29, 1.82) is 0 Å². The monoisotopic (exact) mass is 738 g/mol. The van der Waals surface area contributed by atoms with E-state index in [4.69, 9.17) is 24.4 Å². The molecular formula is C48H26N4OS2. The van der Waals surface area contributed by atoms with Crippen LogP contribution in [0.25, 0.3) is 119 Å². The second kappa shape index (κ2) is 11.9. The SMILES string of the molecule is c1ccc2cc(-c3nc(-c4ccc5ccccc5c4)nc(-c4cc5sc6ccccc6c5c5nc(-c6cccc7c6oc6ccccc67)sc45)n3)ccc2c1. The largest absolute Gasteiger partial charge is 0.455 e. The molecule has 0 unspecified atom stereocenters. The molecule has 0 bridgehead atoms. The van der Waals surface area contributed by atoms with Gasteiger partial charge in [0.25, 0.3) is 0 Å². The number of para-hydroxylation sites is 2. The summed E-state index contributed by atoms with van der Waals surface area (Å²) in [5, 5.41) is 10.0. The minimum absolute atomic E-state index is 0.614. The van der Waals surface area contributed by atoms with Gasteiger partial charge in [0.1, 0.15) is 16.2 Å². The molecule has 55 heavy (non-hydrogen) atoms. The molecule has 0 saturated heterocycles. The Kier molecular flexibility index (Phi) is 6.60. The summed E-state index contributed by atoms with van der Waals surface area (Å²) >= 11 is 3.44. The smallest absolute Gasteiger partial charge is 0.165 e. The third kappa shape index (κ3) is 4.84. The minimum Gasteiger partial charge on any atom is -0.455 e. The van der Waals surface area contributed by atoms with Crippen LogP contribution < -0.4 is 0 Å². The number of furan rings is 1. The second-order valence-electron chi connectivity index (χ2n) is 13.8. The molecule has 0 fully saturated rings. The third-order valence-corrected chi connectivity index (χ3v) is 12.8. The van der Waals surface area contributed by atoms with Gasteiger partial charge in [-0.25, -0.2) is 19.9 Å². The van der Waals surface area contributed by atoms with Gasteiger partial charge in [0, 0.05) is 47.6 Å². The third-order valence-electron chi connectivity index (χ3n) is 10.5. The van der Waals surface area contributed by atoms with E-state index in [1.165, 1.54) is 20.9 Å². The Bertz CT molecular complexity index is 3430. The predicted octanol–water partition coefficient (Wildman–Crippen LogP) is 13.7. The zero-order chi connectivity index (χ0) is 36.0. The van der Waals surface area contributed by atoms with Gasteiger partial charge in [0.15, 0.2) is 17.5 Å². The van der Waals surface area contributed by atoms with E-state index in [-0.39, 0.29) is 0 Å². The Morgan fingerprint density at radius 3 is 1.78 bits per heavy atom. The fraction of sp³-hybridized carbons (Fsp3) is 0. The average Bonchev–Trinajstić information content (AvgIpc) is 3.96. The van der Waals surface area contributed by atoms with Gasteiger partial charge in [-0.05, 0) is 57.9 Å².